The zero-order chi connectivity index (χ0) is 13.3. The number of hydrogen-bond acceptors (Lipinski definition) is 4. The van der Waals surface area contributed by atoms with E-state index in [1.807, 2.05) is 6.07 Å². The van der Waals surface area contributed by atoms with E-state index in [2.05, 4.69) is 0 Å². The molecule has 2 rings (SSSR count). The van der Waals surface area contributed by atoms with E-state index in [4.69, 9.17) is 22.7 Å². The number of rotatable bonds is 1. The number of pyridine rings is 1. The molecule has 0 spiro atoms. The first-order valence-electron chi connectivity index (χ1n) is 4.94. The van der Waals surface area contributed by atoms with Gasteiger partial charge >= 0.3 is 0 Å². The van der Waals surface area contributed by atoms with Crippen LogP contribution in [0.3, 0.4) is 0 Å². The van der Waals surface area contributed by atoms with E-state index in [0.29, 0.717) is 20.8 Å². The Bertz CT molecular complexity index is 699. The summed E-state index contributed by atoms with van der Waals surface area (Å²) in [6, 6.07) is 9.58. The molecule has 2 aromatic rings. The lowest BCUT2D eigenvalue weighted by Crippen LogP contribution is -2.27. The number of nitriles is 1. The molecule has 1 heterocycles. The third-order valence-electron chi connectivity index (χ3n) is 2.49. The van der Waals surface area contributed by atoms with Crippen LogP contribution in [0.15, 0.2) is 35.1 Å². The average molecular weight is 262 g/mol. The summed E-state index contributed by atoms with van der Waals surface area (Å²) in [5, 5.41) is 19.2. The van der Waals surface area contributed by atoms with E-state index in [-0.39, 0.29) is 5.56 Å². The van der Waals surface area contributed by atoms with Crippen molar-refractivity contribution in [3.05, 3.63) is 51.3 Å². The minimum atomic E-state index is -0.601. The Morgan fingerprint density at radius 2 is 1.94 bits per heavy atom. The van der Waals surface area contributed by atoms with Crippen molar-refractivity contribution in [2.75, 3.05) is 5.84 Å². The molecular weight excluding hydrogens is 254 g/mol. The fourth-order valence-corrected chi connectivity index (χ4v) is 1.70. The summed E-state index contributed by atoms with van der Waals surface area (Å²) in [6.45, 7) is 0. The molecule has 1 aromatic heterocycles. The Morgan fingerprint density at radius 1 is 1.33 bits per heavy atom. The van der Waals surface area contributed by atoms with Crippen molar-refractivity contribution in [3.8, 4) is 23.1 Å². The van der Waals surface area contributed by atoms with Gasteiger partial charge < -0.3 is 10.9 Å². The number of hydrogen-bond donors (Lipinski definition) is 2. The summed E-state index contributed by atoms with van der Waals surface area (Å²) in [5.74, 6) is 4.75. The van der Waals surface area contributed by atoms with Crippen LogP contribution < -0.4 is 11.4 Å². The normalized spacial score (nSPS) is 10.0. The second-order valence-electron chi connectivity index (χ2n) is 3.58. The van der Waals surface area contributed by atoms with Crippen molar-refractivity contribution in [1.82, 2.24) is 4.68 Å². The number of nitrogen functional groups attached to an aromatic ring is 1. The highest BCUT2D eigenvalue weighted by molar-refractivity contribution is 6.30. The Balaban J connectivity index is 2.76. The van der Waals surface area contributed by atoms with Crippen molar-refractivity contribution in [2.45, 2.75) is 0 Å². The third kappa shape index (κ3) is 1.90. The van der Waals surface area contributed by atoms with E-state index < -0.39 is 11.4 Å². The zero-order valence-corrected chi connectivity index (χ0v) is 9.85. The minimum absolute atomic E-state index is 0.0561. The maximum absolute atomic E-state index is 11.5. The van der Waals surface area contributed by atoms with Gasteiger partial charge in [-0.1, -0.05) is 23.7 Å². The molecule has 0 saturated heterocycles. The van der Waals surface area contributed by atoms with E-state index >= 15 is 0 Å². The first-order valence-corrected chi connectivity index (χ1v) is 5.32. The number of aromatic hydroxyl groups is 1. The van der Waals surface area contributed by atoms with E-state index in [1.165, 1.54) is 6.07 Å². The van der Waals surface area contributed by atoms with Gasteiger partial charge in [0, 0.05) is 16.7 Å². The monoisotopic (exact) mass is 261 g/mol. The lowest BCUT2D eigenvalue weighted by atomic mass is 10.0. The highest BCUT2D eigenvalue weighted by Crippen LogP contribution is 2.27. The smallest absolute Gasteiger partial charge is 0.272 e. The quantitative estimate of drug-likeness (QED) is 0.760. The molecule has 0 bridgehead atoms. The highest BCUT2D eigenvalue weighted by atomic mass is 35.5. The van der Waals surface area contributed by atoms with Crippen LogP contribution in [0.2, 0.25) is 5.02 Å². The van der Waals surface area contributed by atoms with Crippen LogP contribution in [-0.2, 0) is 0 Å². The first-order chi connectivity index (χ1) is 8.54. The van der Waals surface area contributed by atoms with E-state index in [9.17, 15) is 9.90 Å². The molecule has 0 unspecified atom stereocenters. The Morgan fingerprint density at radius 3 is 2.50 bits per heavy atom. The Kier molecular flexibility index (Phi) is 2.96. The summed E-state index contributed by atoms with van der Waals surface area (Å²) >= 11 is 5.76. The molecule has 0 aliphatic heterocycles. The lowest BCUT2D eigenvalue weighted by molar-refractivity contribution is 0.428. The molecule has 0 aliphatic carbocycles. The van der Waals surface area contributed by atoms with Crippen molar-refractivity contribution >= 4 is 11.6 Å². The van der Waals surface area contributed by atoms with Crippen molar-refractivity contribution in [3.63, 3.8) is 0 Å². The fraction of sp³-hybridized carbons (Fsp3) is 0. The van der Waals surface area contributed by atoms with Crippen molar-refractivity contribution < 1.29 is 5.11 Å². The number of benzene rings is 1. The SMILES string of the molecule is N#Cc1c(-c2ccc(Cl)cc2)cc(=O)n(N)c1O. The van der Waals surface area contributed by atoms with Crippen LogP contribution in [0.5, 0.6) is 5.88 Å². The second kappa shape index (κ2) is 4.43. The summed E-state index contributed by atoms with van der Waals surface area (Å²) in [7, 11) is 0. The molecule has 3 N–H and O–H groups in total. The topological polar surface area (TPSA) is 92.0 Å². The molecule has 0 radical (unpaired) electrons. The van der Waals surface area contributed by atoms with Gasteiger partial charge in [0.15, 0.2) is 0 Å². The largest absolute Gasteiger partial charge is 0.492 e. The summed E-state index contributed by atoms with van der Waals surface area (Å²) in [6.07, 6.45) is 0. The molecule has 0 fully saturated rings. The average Bonchev–Trinajstić information content (AvgIpc) is 2.37. The van der Waals surface area contributed by atoms with Gasteiger partial charge in [-0.3, -0.25) is 4.79 Å². The van der Waals surface area contributed by atoms with Crippen LogP contribution in [0.4, 0.5) is 0 Å². The number of halogens is 1. The standard InChI is InChI=1S/C12H8ClN3O2/c13-8-3-1-7(2-4-8)9-5-11(17)16(15)12(18)10(9)6-14/h1-5,18H,15H2. The number of aromatic nitrogens is 1. The van der Waals surface area contributed by atoms with Gasteiger partial charge in [-0.2, -0.15) is 9.94 Å². The van der Waals surface area contributed by atoms with Crippen LogP contribution in [-0.4, -0.2) is 9.78 Å². The van der Waals surface area contributed by atoms with Gasteiger partial charge in [-0.15, -0.1) is 0 Å². The fourth-order valence-electron chi connectivity index (χ4n) is 1.58. The lowest BCUT2D eigenvalue weighted by Gasteiger charge is -2.08. The molecule has 0 atom stereocenters. The summed E-state index contributed by atoms with van der Waals surface area (Å²) in [4.78, 5) is 11.5. The Labute approximate surface area is 107 Å². The van der Waals surface area contributed by atoms with Crippen molar-refractivity contribution in [2.24, 2.45) is 0 Å². The molecular formula is C12H8ClN3O2. The Hall–Kier alpha value is -2.45. The maximum Gasteiger partial charge on any atom is 0.272 e. The predicted octanol–water partition coefficient (Wildman–Crippen LogP) is 1.46. The van der Waals surface area contributed by atoms with Crippen LogP contribution in [0.25, 0.3) is 11.1 Å². The highest BCUT2D eigenvalue weighted by Gasteiger charge is 2.14. The maximum atomic E-state index is 11.5. The zero-order valence-electron chi connectivity index (χ0n) is 9.09. The van der Waals surface area contributed by atoms with Gasteiger partial charge in [0.1, 0.15) is 11.6 Å². The third-order valence-corrected chi connectivity index (χ3v) is 2.75. The van der Waals surface area contributed by atoms with E-state index in [0.717, 1.165) is 0 Å². The molecule has 0 saturated carbocycles. The van der Waals surface area contributed by atoms with E-state index in [1.54, 1.807) is 24.3 Å². The van der Waals surface area contributed by atoms with Crippen molar-refractivity contribution in [1.29, 1.82) is 5.26 Å². The minimum Gasteiger partial charge on any atom is -0.492 e. The molecule has 90 valence electrons. The number of nitrogens with two attached hydrogens (primary N) is 1. The predicted molar refractivity (Wildman–Crippen MR) is 67.7 cm³/mol. The molecule has 1 aromatic carbocycles. The summed E-state index contributed by atoms with van der Waals surface area (Å²) < 4.78 is 0.526. The molecule has 6 heteroatoms. The molecule has 0 amide bonds. The first kappa shape index (κ1) is 12.0. The summed E-state index contributed by atoms with van der Waals surface area (Å²) in [5.41, 5.74) is 0.262. The van der Waals surface area contributed by atoms with Crippen LogP contribution in [0, 0.1) is 11.3 Å². The molecule has 0 aliphatic rings. The van der Waals surface area contributed by atoms with Gasteiger partial charge in [0.25, 0.3) is 5.56 Å². The number of nitrogens with zero attached hydrogens (tertiary/aromatic N) is 2. The van der Waals surface area contributed by atoms with Crippen LogP contribution in [0.1, 0.15) is 5.56 Å². The van der Waals surface area contributed by atoms with Gasteiger partial charge in [-0.05, 0) is 17.7 Å². The van der Waals surface area contributed by atoms with Crippen LogP contribution >= 0.6 is 11.6 Å². The second-order valence-corrected chi connectivity index (χ2v) is 4.02. The molecule has 18 heavy (non-hydrogen) atoms. The van der Waals surface area contributed by atoms with Gasteiger partial charge in [-0.25, -0.2) is 0 Å². The van der Waals surface area contributed by atoms with Gasteiger partial charge in [0.05, 0.1) is 0 Å². The molecule has 5 nitrogen and oxygen atoms in total. The van der Waals surface area contributed by atoms with Gasteiger partial charge in [0.2, 0.25) is 5.88 Å².